The molecule has 0 fully saturated rings. The minimum Gasteiger partial charge on any atom is -0.503 e. The van der Waals surface area contributed by atoms with Gasteiger partial charge in [0.05, 0.1) is 28.7 Å². The van der Waals surface area contributed by atoms with Crippen molar-refractivity contribution in [1.82, 2.24) is 25.6 Å². The van der Waals surface area contributed by atoms with Gasteiger partial charge in [-0.1, -0.05) is 34.5 Å². The molecule has 3 rings (SSSR count). The normalized spacial score (nSPS) is 15.2. The van der Waals surface area contributed by atoms with Gasteiger partial charge < -0.3 is 15.3 Å². The van der Waals surface area contributed by atoms with E-state index in [1.165, 1.54) is 4.90 Å². The molecule has 0 aliphatic carbocycles. The number of benzene rings is 1. The lowest BCUT2D eigenvalue weighted by Gasteiger charge is -2.16. The van der Waals surface area contributed by atoms with Gasteiger partial charge in [-0.2, -0.15) is 0 Å². The number of aromatic amines is 1. The van der Waals surface area contributed by atoms with Crippen molar-refractivity contribution in [2.24, 2.45) is 0 Å². The Morgan fingerprint density at radius 2 is 2.18 bits per heavy atom. The molecule has 2 amide bonds. The number of halogens is 2. The summed E-state index contributed by atoms with van der Waals surface area (Å²) in [6.45, 7) is 2.03. The van der Waals surface area contributed by atoms with E-state index < -0.39 is 17.6 Å². The largest absolute Gasteiger partial charge is 0.503 e. The molecular weight excluding hydrogens is 405 g/mol. The summed E-state index contributed by atoms with van der Waals surface area (Å²) in [5.41, 5.74) is 1.60. The van der Waals surface area contributed by atoms with Crippen molar-refractivity contribution in [3.05, 3.63) is 57.0 Å². The molecule has 1 atom stereocenters. The summed E-state index contributed by atoms with van der Waals surface area (Å²) in [6, 6.07) is 5.25. The average molecular weight is 424 g/mol. The minimum atomic E-state index is -0.600. The predicted octanol–water partition coefficient (Wildman–Crippen LogP) is 2.40. The Morgan fingerprint density at radius 1 is 1.39 bits per heavy atom. The maximum Gasteiger partial charge on any atom is 0.289 e. The maximum absolute atomic E-state index is 12.5. The van der Waals surface area contributed by atoms with E-state index in [4.69, 9.17) is 23.2 Å². The summed E-state index contributed by atoms with van der Waals surface area (Å²) in [7, 11) is 0. The molecule has 2 heterocycles. The number of nitrogens with one attached hydrogen (secondary N) is 2. The van der Waals surface area contributed by atoms with Crippen molar-refractivity contribution in [2.75, 3.05) is 6.54 Å². The number of aryl methyl sites for hydroxylation is 1. The first-order valence-electron chi connectivity index (χ1n) is 8.66. The Kier molecular flexibility index (Phi) is 6.21. The molecule has 28 heavy (non-hydrogen) atoms. The SMILES string of the molecule is CC(CCc1ccc(Cl)c(Cl)c1)NC(=O)C1=C(O)C(=O)N(Cc2c[nH]nn2)C1. The van der Waals surface area contributed by atoms with Gasteiger partial charge in [-0.15, -0.1) is 5.10 Å². The summed E-state index contributed by atoms with van der Waals surface area (Å²) < 4.78 is 0. The van der Waals surface area contributed by atoms with Crippen LogP contribution in [0.3, 0.4) is 0 Å². The Morgan fingerprint density at radius 3 is 2.86 bits per heavy atom. The number of H-pyrrole nitrogens is 1. The van der Waals surface area contributed by atoms with Crippen molar-refractivity contribution < 1.29 is 14.7 Å². The maximum atomic E-state index is 12.5. The monoisotopic (exact) mass is 423 g/mol. The van der Waals surface area contributed by atoms with Crippen molar-refractivity contribution in [3.8, 4) is 0 Å². The standard InChI is InChI=1S/C18H19Cl2N5O3/c1-10(2-3-11-4-5-14(19)15(20)6-11)22-17(27)13-9-25(18(28)16(13)26)8-12-7-21-24-23-12/h4-7,10,26H,2-3,8-9H2,1H3,(H,22,27)(H,21,23,24). The summed E-state index contributed by atoms with van der Waals surface area (Å²) in [6.07, 6.45) is 2.91. The van der Waals surface area contributed by atoms with Crippen LogP contribution in [0.15, 0.2) is 35.7 Å². The summed E-state index contributed by atoms with van der Waals surface area (Å²) in [5.74, 6) is -1.59. The van der Waals surface area contributed by atoms with Crippen LogP contribution in [-0.4, -0.2) is 49.8 Å². The van der Waals surface area contributed by atoms with Crippen LogP contribution in [0.25, 0.3) is 0 Å². The second kappa shape index (κ2) is 8.62. The van der Waals surface area contributed by atoms with Crippen molar-refractivity contribution in [3.63, 3.8) is 0 Å². The fourth-order valence-electron chi connectivity index (χ4n) is 2.88. The number of carbonyl (C=O) groups is 2. The smallest absolute Gasteiger partial charge is 0.289 e. The summed E-state index contributed by atoms with van der Waals surface area (Å²) in [4.78, 5) is 26.0. The van der Waals surface area contributed by atoms with Crippen molar-refractivity contribution >= 4 is 35.0 Å². The lowest BCUT2D eigenvalue weighted by Crippen LogP contribution is -2.35. The quantitative estimate of drug-likeness (QED) is 0.632. The van der Waals surface area contributed by atoms with Crippen LogP contribution in [0, 0.1) is 0 Å². The van der Waals surface area contributed by atoms with Gasteiger partial charge in [-0.05, 0) is 37.5 Å². The van der Waals surface area contributed by atoms with Crippen LogP contribution in [0.5, 0.6) is 0 Å². The van der Waals surface area contributed by atoms with Gasteiger partial charge in [0, 0.05) is 12.2 Å². The zero-order valence-electron chi connectivity index (χ0n) is 15.1. The van der Waals surface area contributed by atoms with E-state index in [1.807, 2.05) is 13.0 Å². The molecule has 1 aliphatic rings. The van der Waals surface area contributed by atoms with E-state index in [0.29, 0.717) is 28.6 Å². The minimum absolute atomic E-state index is 0.0167. The fourth-order valence-corrected chi connectivity index (χ4v) is 3.20. The Hall–Kier alpha value is -2.58. The predicted molar refractivity (Wildman–Crippen MR) is 104 cm³/mol. The van der Waals surface area contributed by atoms with Crippen LogP contribution in [0.2, 0.25) is 10.0 Å². The first kappa shape index (κ1) is 20.2. The molecule has 2 aromatic rings. The van der Waals surface area contributed by atoms with Gasteiger partial charge in [0.1, 0.15) is 5.69 Å². The van der Waals surface area contributed by atoms with Crippen LogP contribution < -0.4 is 5.32 Å². The molecule has 0 saturated heterocycles. The van der Waals surface area contributed by atoms with E-state index >= 15 is 0 Å². The number of aliphatic hydroxyl groups is 1. The number of aromatic nitrogens is 3. The molecule has 8 nitrogen and oxygen atoms in total. The number of nitrogens with zero attached hydrogens (tertiary/aromatic N) is 3. The number of amides is 2. The molecule has 0 radical (unpaired) electrons. The Labute approximate surface area is 171 Å². The molecule has 148 valence electrons. The number of aliphatic hydroxyl groups excluding tert-OH is 1. The van der Waals surface area contributed by atoms with Crippen LogP contribution in [0.1, 0.15) is 24.6 Å². The average Bonchev–Trinajstić information content (AvgIpc) is 3.26. The molecule has 3 N–H and O–H groups in total. The highest BCUT2D eigenvalue weighted by Gasteiger charge is 2.34. The topological polar surface area (TPSA) is 111 Å². The van der Waals surface area contributed by atoms with E-state index in [1.54, 1.807) is 18.3 Å². The fraction of sp³-hybridized carbons (Fsp3) is 0.333. The van der Waals surface area contributed by atoms with Crippen molar-refractivity contribution in [2.45, 2.75) is 32.4 Å². The molecule has 1 aromatic carbocycles. The molecule has 10 heteroatoms. The third kappa shape index (κ3) is 4.63. The third-order valence-corrected chi connectivity index (χ3v) is 5.19. The lowest BCUT2D eigenvalue weighted by molar-refractivity contribution is -0.128. The van der Waals surface area contributed by atoms with E-state index in [0.717, 1.165) is 5.56 Å². The molecule has 0 spiro atoms. The number of rotatable bonds is 7. The first-order valence-corrected chi connectivity index (χ1v) is 9.42. The highest BCUT2D eigenvalue weighted by atomic mass is 35.5. The number of hydrogen-bond donors (Lipinski definition) is 3. The van der Waals surface area contributed by atoms with Crippen molar-refractivity contribution in [1.29, 1.82) is 0 Å². The molecule has 0 saturated carbocycles. The van der Waals surface area contributed by atoms with Gasteiger partial charge >= 0.3 is 0 Å². The van der Waals surface area contributed by atoms with E-state index in [9.17, 15) is 14.7 Å². The van der Waals surface area contributed by atoms with Gasteiger partial charge in [-0.25, -0.2) is 0 Å². The van der Waals surface area contributed by atoms with Crippen LogP contribution in [0.4, 0.5) is 0 Å². The lowest BCUT2D eigenvalue weighted by atomic mass is 10.1. The number of carbonyl (C=O) groups excluding carboxylic acids is 2. The molecule has 1 unspecified atom stereocenters. The zero-order valence-corrected chi connectivity index (χ0v) is 16.6. The van der Waals surface area contributed by atoms with Gasteiger partial charge in [-0.3, -0.25) is 14.7 Å². The van der Waals surface area contributed by atoms with Gasteiger partial charge in [0.2, 0.25) is 0 Å². The number of hydrogen-bond acceptors (Lipinski definition) is 5. The Balaban J connectivity index is 1.54. The molecular formula is C18H19Cl2N5O3. The third-order valence-electron chi connectivity index (χ3n) is 4.45. The van der Waals surface area contributed by atoms with Gasteiger partial charge in [0.15, 0.2) is 5.76 Å². The second-order valence-corrected chi connectivity index (χ2v) is 7.43. The molecule has 0 bridgehead atoms. The Bertz CT molecular complexity index is 914. The van der Waals surface area contributed by atoms with E-state index in [-0.39, 0.29) is 24.7 Å². The summed E-state index contributed by atoms with van der Waals surface area (Å²) >= 11 is 11.9. The van der Waals surface area contributed by atoms with E-state index in [2.05, 4.69) is 20.7 Å². The first-order chi connectivity index (χ1) is 13.3. The summed E-state index contributed by atoms with van der Waals surface area (Å²) in [5, 5.41) is 23.8. The van der Waals surface area contributed by atoms with Crippen LogP contribution in [-0.2, 0) is 22.6 Å². The zero-order chi connectivity index (χ0) is 20.3. The van der Waals surface area contributed by atoms with Gasteiger partial charge in [0.25, 0.3) is 11.8 Å². The molecule has 1 aromatic heterocycles. The second-order valence-electron chi connectivity index (χ2n) is 6.61. The molecule has 1 aliphatic heterocycles. The highest BCUT2D eigenvalue weighted by Crippen LogP contribution is 2.23. The van der Waals surface area contributed by atoms with Crippen LogP contribution >= 0.6 is 23.2 Å². The highest BCUT2D eigenvalue weighted by molar-refractivity contribution is 6.42.